The van der Waals surface area contributed by atoms with Gasteiger partial charge in [-0.05, 0) is 78.9 Å². The van der Waals surface area contributed by atoms with Crippen molar-refractivity contribution in [3.63, 3.8) is 0 Å². The van der Waals surface area contributed by atoms with Crippen LogP contribution >= 0.6 is 11.6 Å². The minimum absolute atomic E-state index is 0.00825. The molecule has 0 aromatic heterocycles. The van der Waals surface area contributed by atoms with E-state index in [1.807, 2.05) is 6.08 Å². The van der Waals surface area contributed by atoms with Crippen LogP contribution in [0.15, 0.2) is 34.4 Å². The molecule has 5 rings (SSSR count). The fraction of sp³-hybridized carbons (Fsp3) is 0.636. The first kappa shape index (κ1) is 16.1. The summed E-state index contributed by atoms with van der Waals surface area (Å²) in [6, 6.07) is 0. The molecule has 0 heterocycles. The van der Waals surface area contributed by atoms with E-state index in [0.29, 0.717) is 23.7 Å². The first-order chi connectivity index (χ1) is 11.8. The fourth-order valence-corrected chi connectivity index (χ4v) is 7.49. The number of allylic oxidation sites excluding steroid dienone is 6. The van der Waals surface area contributed by atoms with Crippen LogP contribution in [0.3, 0.4) is 0 Å². The van der Waals surface area contributed by atoms with Crippen molar-refractivity contribution in [1.82, 2.24) is 0 Å². The van der Waals surface area contributed by atoms with Crippen LogP contribution in [-0.4, -0.2) is 11.6 Å². The van der Waals surface area contributed by atoms with E-state index in [1.54, 1.807) is 6.92 Å². The summed E-state index contributed by atoms with van der Waals surface area (Å²) >= 11 is 6.74. The van der Waals surface area contributed by atoms with Gasteiger partial charge in [-0.2, -0.15) is 0 Å². The summed E-state index contributed by atoms with van der Waals surface area (Å²) in [5, 5.41) is 0.794. The third-order valence-electron chi connectivity index (χ3n) is 8.45. The van der Waals surface area contributed by atoms with E-state index in [4.69, 9.17) is 11.6 Å². The van der Waals surface area contributed by atoms with Crippen LogP contribution in [0.1, 0.15) is 46.5 Å². The smallest absolute Gasteiger partial charge is 0.159 e. The van der Waals surface area contributed by atoms with Crippen molar-refractivity contribution in [2.75, 3.05) is 0 Å². The Balaban J connectivity index is 1.61. The number of Topliss-reactive ketones (excluding diaryl/α,β-unsaturated/α-hetero) is 1. The highest BCUT2D eigenvalue weighted by Crippen LogP contribution is 2.70. The zero-order valence-corrected chi connectivity index (χ0v) is 15.9. The van der Waals surface area contributed by atoms with Gasteiger partial charge >= 0.3 is 0 Å². The van der Waals surface area contributed by atoms with Crippen molar-refractivity contribution in [1.29, 1.82) is 0 Å². The molecule has 0 bridgehead atoms. The molecule has 7 atom stereocenters. The number of carbonyl (C=O) groups is 2. The lowest BCUT2D eigenvalue weighted by atomic mass is 9.48. The molecular formula is C22H25ClO2. The Hall–Kier alpha value is -1.15. The van der Waals surface area contributed by atoms with Crippen molar-refractivity contribution in [3.8, 4) is 0 Å². The number of fused-ring (bicyclic) bond motifs is 7. The van der Waals surface area contributed by atoms with Gasteiger partial charge in [-0.15, -0.1) is 0 Å². The number of hydrogen-bond acceptors (Lipinski definition) is 2. The molecule has 2 fully saturated rings. The van der Waals surface area contributed by atoms with E-state index < -0.39 is 0 Å². The second kappa shape index (κ2) is 4.76. The molecule has 25 heavy (non-hydrogen) atoms. The monoisotopic (exact) mass is 356 g/mol. The van der Waals surface area contributed by atoms with Gasteiger partial charge in [0.05, 0.1) is 0 Å². The fourth-order valence-electron chi connectivity index (χ4n) is 7.08. The Morgan fingerprint density at radius 3 is 2.72 bits per heavy atom. The lowest BCUT2D eigenvalue weighted by Crippen LogP contribution is -2.50. The van der Waals surface area contributed by atoms with Crippen molar-refractivity contribution >= 4 is 23.2 Å². The third kappa shape index (κ3) is 1.82. The number of rotatable bonds is 1. The van der Waals surface area contributed by atoms with Gasteiger partial charge in [0.1, 0.15) is 0 Å². The topological polar surface area (TPSA) is 34.1 Å². The molecule has 0 unspecified atom stereocenters. The average Bonchev–Trinajstić information content (AvgIpc) is 3.27. The molecule has 0 spiro atoms. The van der Waals surface area contributed by atoms with Crippen molar-refractivity contribution in [2.24, 2.45) is 40.4 Å². The van der Waals surface area contributed by atoms with Crippen molar-refractivity contribution in [3.05, 3.63) is 34.4 Å². The summed E-state index contributed by atoms with van der Waals surface area (Å²) in [6.07, 6.45) is 10.5. The number of hydrogen-bond donors (Lipinski definition) is 0. The Bertz CT molecular complexity index is 803. The first-order valence-electron chi connectivity index (χ1n) is 9.63. The van der Waals surface area contributed by atoms with Crippen LogP contribution in [0.25, 0.3) is 0 Å². The second-order valence-electron chi connectivity index (χ2n) is 9.36. The molecule has 2 nitrogen and oxygen atoms in total. The molecular weight excluding hydrogens is 332 g/mol. The van der Waals surface area contributed by atoms with Crippen LogP contribution in [0.2, 0.25) is 0 Å². The molecule has 5 aliphatic carbocycles. The van der Waals surface area contributed by atoms with E-state index in [9.17, 15) is 9.59 Å². The van der Waals surface area contributed by atoms with E-state index >= 15 is 0 Å². The highest BCUT2D eigenvalue weighted by atomic mass is 35.5. The van der Waals surface area contributed by atoms with Gasteiger partial charge in [0.15, 0.2) is 11.6 Å². The highest BCUT2D eigenvalue weighted by molar-refractivity contribution is 6.32. The lowest BCUT2D eigenvalue weighted by molar-refractivity contribution is -0.118. The van der Waals surface area contributed by atoms with E-state index in [1.165, 1.54) is 0 Å². The van der Waals surface area contributed by atoms with Gasteiger partial charge in [-0.25, -0.2) is 0 Å². The van der Waals surface area contributed by atoms with E-state index in [-0.39, 0.29) is 28.3 Å². The SMILES string of the molecule is CC(=O)C1=CC[C@H]2[C@@H]3C=C(Cl)C4=CC(=O)[C@@H]5C[C@@H]5[C@]4(C)[C@H]3CC[C@]12C. The van der Waals surface area contributed by atoms with Gasteiger partial charge in [-0.1, -0.05) is 37.6 Å². The Kier molecular flexibility index (Phi) is 3.06. The van der Waals surface area contributed by atoms with Crippen LogP contribution in [-0.2, 0) is 9.59 Å². The van der Waals surface area contributed by atoms with Crippen LogP contribution in [0.5, 0.6) is 0 Å². The number of carbonyl (C=O) groups excluding carboxylic acids is 2. The maximum Gasteiger partial charge on any atom is 0.159 e. The van der Waals surface area contributed by atoms with Gasteiger partial charge in [0.25, 0.3) is 0 Å². The number of ketones is 2. The Labute approximate surface area is 154 Å². The summed E-state index contributed by atoms with van der Waals surface area (Å²) in [4.78, 5) is 24.4. The molecule has 0 amide bonds. The zero-order chi connectivity index (χ0) is 17.7. The normalized spacial score (nSPS) is 49.8. The van der Waals surface area contributed by atoms with Gasteiger partial charge < -0.3 is 0 Å². The average molecular weight is 357 g/mol. The summed E-state index contributed by atoms with van der Waals surface area (Å²) < 4.78 is 0. The molecule has 0 saturated heterocycles. The van der Waals surface area contributed by atoms with Crippen LogP contribution in [0.4, 0.5) is 0 Å². The minimum atomic E-state index is -0.00825. The van der Waals surface area contributed by atoms with Gasteiger partial charge in [0.2, 0.25) is 0 Å². The van der Waals surface area contributed by atoms with E-state index in [2.05, 4.69) is 26.0 Å². The maximum atomic E-state index is 12.3. The van der Waals surface area contributed by atoms with Crippen molar-refractivity contribution in [2.45, 2.75) is 46.5 Å². The Morgan fingerprint density at radius 2 is 2.00 bits per heavy atom. The second-order valence-corrected chi connectivity index (χ2v) is 9.77. The molecule has 3 heteroatoms. The first-order valence-corrected chi connectivity index (χ1v) is 10.0. The standard InChI is InChI=1S/C22H25ClO2/c1-11(24)14-4-5-15-12-9-19(23)18-10-20(25)13-8-17(13)22(18,3)16(12)6-7-21(14,15)2/h4,9-10,12-13,15-17H,5-8H2,1-3H3/t12-,13+,15-,16-,17-,21+,22-/m0/s1. The summed E-state index contributed by atoms with van der Waals surface area (Å²) in [6.45, 7) is 6.35. The minimum Gasteiger partial charge on any atom is -0.295 e. The van der Waals surface area contributed by atoms with Crippen LogP contribution in [0, 0.1) is 40.4 Å². The molecule has 0 aliphatic heterocycles. The zero-order valence-electron chi connectivity index (χ0n) is 15.1. The molecule has 0 N–H and O–H groups in total. The van der Waals surface area contributed by atoms with Crippen molar-refractivity contribution < 1.29 is 9.59 Å². The predicted molar refractivity (Wildman–Crippen MR) is 97.9 cm³/mol. The third-order valence-corrected chi connectivity index (χ3v) is 8.78. The summed E-state index contributed by atoms with van der Waals surface area (Å²) in [5.74, 6) is 2.64. The van der Waals surface area contributed by atoms with Gasteiger partial charge in [0, 0.05) is 16.4 Å². The predicted octanol–water partition coefficient (Wildman–Crippen LogP) is 4.84. The molecule has 5 aliphatic rings. The molecule has 0 aromatic rings. The molecule has 2 saturated carbocycles. The quantitative estimate of drug-likeness (QED) is 0.673. The van der Waals surface area contributed by atoms with Crippen LogP contribution < -0.4 is 0 Å². The van der Waals surface area contributed by atoms with Gasteiger partial charge in [-0.3, -0.25) is 9.59 Å². The molecule has 132 valence electrons. The largest absolute Gasteiger partial charge is 0.295 e. The Morgan fingerprint density at radius 1 is 1.24 bits per heavy atom. The molecule has 0 radical (unpaired) electrons. The maximum absolute atomic E-state index is 12.3. The number of halogens is 1. The lowest BCUT2D eigenvalue weighted by Gasteiger charge is -2.56. The summed E-state index contributed by atoms with van der Waals surface area (Å²) in [7, 11) is 0. The highest BCUT2D eigenvalue weighted by Gasteiger charge is 2.65. The molecule has 0 aromatic carbocycles. The van der Waals surface area contributed by atoms with E-state index in [0.717, 1.165) is 41.9 Å². The summed E-state index contributed by atoms with van der Waals surface area (Å²) in [5.41, 5.74) is 2.16.